The van der Waals surface area contributed by atoms with Crippen molar-refractivity contribution < 1.29 is 27.1 Å². The zero-order valence-corrected chi connectivity index (χ0v) is 27.0. The number of rotatable bonds is 1. The Balaban J connectivity index is 1.34. The molecule has 44 heavy (non-hydrogen) atoms. The SMILES string of the molecule is COC12C=C[C@@H](C1)[C@H](C)[C@@H](C)S(=O)(=O)NC(=O)c1ccc3c(c1)N(C[C@@H]1CC[C@H]12)C[C@@]1(CCCc2c1ccc(Cl)c2F)CO3. The van der Waals surface area contributed by atoms with Crippen molar-refractivity contribution in [2.75, 3.05) is 31.7 Å². The lowest BCUT2D eigenvalue weighted by Gasteiger charge is -2.50. The second-order valence-electron chi connectivity index (χ2n) is 13.7. The summed E-state index contributed by atoms with van der Waals surface area (Å²) in [5.74, 6) is -0.0154. The summed E-state index contributed by atoms with van der Waals surface area (Å²) in [5.41, 5.74) is 1.65. The van der Waals surface area contributed by atoms with Gasteiger partial charge in [0, 0.05) is 31.2 Å². The number of benzene rings is 2. The van der Waals surface area contributed by atoms with Crippen molar-refractivity contribution in [1.82, 2.24) is 4.72 Å². The standard InChI is InChI=1S/C34H40ClFN2O5S/c1-20-21(2)44(40,41)37-32(39)22-7-11-30-29(15-22)38(17-24-6-8-26(24)34(42-3)14-12-23(20)16-34)18-33(19-43-30)13-4-5-25-27(33)9-10-28(35)31(25)36/h7,9-12,14-15,20-21,23-24,26H,4-6,8,13,16-19H2,1-3H3,(H,37,39)/t20-,21-,23+,24+,26-,33+,34?/m1/s1. The normalized spacial score (nSPS) is 35.7. The van der Waals surface area contributed by atoms with Crippen molar-refractivity contribution in [2.24, 2.45) is 23.7 Å². The molecule has 4 bridgehead atoms. The van der Waals surface area contributed by atoms with Gasteiger partial charge in [0.15, 0.2) is 0 Å². The van der Waals surface area contributed by atoms with E-state index in [1.165, 1.54) is 0 Å². The largest absolute Gasteiger partial charge is 0.490 e. The van der Waals surface area contributed by atoms with E-state index < -0.39 is 32.2 Å². The van der Waals surface area contributed by atoms with Crippen LogP contribution in [0.25, 0.3) is 0 Å². The van der Waals surface area contributed by atoms with Crippen LogP contribution in [0.1, 0.15) is 67.4 Å². The first kappa shape index (κ1) is 30.1. The van der Waals surface area contributed by atoms with Gasteiger partial charge in [0.1, 0.15) is 11.6 Å². The van der Waals surface area contributed by atoms with Gasteiger partial charge in [0.2, 0.25) is 10.0 Å². The van der Waals surface area contributed by atoms with E-state index in [0.717, 1.165) is 36.9 Å². The molecule has 0 saturated heterocycles. The Morgan fingerprint density at radius 1 is 1.18 bits per heavy atom. The molecule has 3 aliphatic carbocycles. The van der Waals surface area contributed by atoms with Crippen LogP contribution in [0.5, 0.6) is 5.75 Å². The van der Waals surface area contributed by atoms with E-state index in [1.807, 2.05) is 13.0 Å². The molecule has 2 aromatic rings. The maximum absolute atomic E-state index is 15.3. The number of hydrogen-bond acceptors (Lipinski definition) is 6. The number of ether oxygens (including phenoxy) is 2. The van der Waals surface area contributed by atoms with Crippen LogP contribution in [0.15, 0.2) is 42.5 Å². The van der Waals surface area contributed by atoms with Crippen molar-refractivity contribution in [2.45, 2.75) is 68.6 Å². The van der Waals surface area contributed by atoms with E-state index in [1.54, 1.807) is 38.3 Å². The fraction of sp³-hybridized carbons (Fsp3) is 0.559. The van der Waals surface area contributed by atoms with Crippen molar-refractivity contribution in [1.29, 1.82) is 0 Å². The number of hydrogen-bond donors (Lipinski definition) is 1. The van der Waals surface area contributed by atoms with E-state index in [2.05, 4.69) is 21.8 Å². The third kappa shape index (κ3) is 4.68. The van der Waals surface area contributed by atoms with Crippen LogP contribution in [0.2, 0.25) is 5.02 Å². The monoisotopic (exact) mass is 642 g/mol. The van der Waals surface area contributed by atoms with Gasteiger partial charge in [-0.3, -0.25) is 4.79 Å². The molecule has 2 aromatic carbocycles. The van der Waals surface area contributed by atoms with E-state index in [0.29, 0.717) is 49.8 Å². The molecule has 5 aliphatic rings. The maximum Gasteiger partial charge on any atom is 0.264 e. The van der Waals surface area contributed by atoms with Gasteiger partial charge in [-0.05, 0) is 105 Å². The number of halogens is 2. The van der Waals surface area contributed by atoms with Crippen LogP contribution < -0.4 is 14.4 Å². The van der Waals surface area contributed by atoms with Gasteiger partial charge < -0.3 is 14.4 Å². The quantitative estimate of drug-likeness (QED) is 0.382. The number of fused-ring (bicyclic) bond motifs is 7. The summed E-state index contributed by atoms with van der Waals surface area (Å²) in [5, 5.41) is -0.649. The molecule has 7 rings (SSSR count). The summed E-state index contributed by atoms with van der Waals surface area (Å²) in [6.45, 7) is 5.27. The van der Waals surface area contributed by atoms with Gasteiger partial charge in [0.05, 0.1) is 28.2 Å². The smallest absolute Gasteiger partial charge is 0.264 e. The molecule has 0 aromatic heterocycles. The molecular weight excluding hydrogens is 603 g/mol. The van der Waals surface area contributed by atoms with E-state index >= 15 is 4.39 Å². The van der Waals surface area contributed by atoms with Crippen molar-refractivity contribution in [3.8, 4) is 5.75 Å². The van der Waals surface area contributed by atoms with E-state index in [9.17, 15) is 13.2 Å². The molecule has 10 heteroatoms. The third-order valence-electron chi connectivity index (χ3n) is 11.6. The molecular formula is C34H40ClFN2O5S. The number of carbonyl (C=O) groups excluding carboxylic acids is 1. The average molecular weight is 643 g/mol. The van der Waals surface area contributed by atoms with Gasteiger partial charge in [-0.25, -0.2) is 17.5 Å². The molecule has 7 atom stereocenters. The molecule has 1 fully saturated rings. The highest BCUT2D eigenvalue weighted by Crippen LogP contribution is 2.53. The summed E-state index contributed by atoms with van der Waals surface area (Å²) >= 11 is 6.22. The fourth-order valence-electron chi connectivity index (χ4n) is 8.64. The minimum Gasteiger partial charge on any atom is -0.490 e. The Kier molecular flexibility index (Phi) is 7.33. The molecule has 1 unspecified atom stereocenters. The van der Waals surface area contributed by atoms with Crippen LogP contribution in [0.4, 0.5) is 10.1 Å². The number of methoxy groups -OCH3 is 1. The summed E-state index contributed by atoms with van der Waals surface area (Å²) in [6.07, 6.45) is 9.31. The van der Waals surface area contributed by atoms with Crippen LogP contribution in [-0.4, -0.2) is 52.0 Å². The van der Waals surface area contributed by atoms with Crippen LogP contribution in [0, 0.1) is 29.5 Å². The fourth-order valence-corrected chi connectivity index (χ4v) is 10.2. The Hall–Kier alpha value is -2.62. The lowest BCUT2D eigenvalue weighted by molar-refractivity contribution is -0.0809. The van der Waals surface area contributed by atoms with E-state index in [4.69, 9.17) is 21.1 Å². The molecule has 1 amide bonds. The lowest BCUT2D eigenvalue weighted by atomic mass is 9.63. The number of amides is 1. The molecule has 236 valence electrons. The average Bonchev–Trinajstić information content (AvgIpc) is 3.36. The van der Waals surface area contributed by atoms with Gasteiger partial charge in [-0.15, -0.1) is 0 Å². The van der Waals surface area contributed by atoms with Gasteiger partial charge in [0.25, 0.3) is 5.91 Å². The predicted octanol–water partition coefficient (Wildman–Crippen LogP) is 6.04. The van der Waals surface area contributed by atoms with Gasteiger partial charge >= 0.3 is 0 Å². The van der Waals surface area contributed by atoms with E-state index in [-0.39, 0.29) is 34.2 Å². The number of nitrogens with zero attached hydrogens (tertiary/aromatic N) is 1. The van der Waals surface area contributed by atoms with Crippen LogP contribution >= 0.6 is 11.6 Å². The zero-order chi connectivity index (χ0) is 31.0. The Bertz CT molecular complexity index is 1650. The lowest BCUT2D eigenvalue weighted by Crippen LogP contribution is -2.53. The molecule has 2 aliphatic heterocycles. The van der Waals surface area contributed by atoms with Gasteiger partial charge in [-0.2, -0.15) is 0 Å². The zero-order valence-electron chi connectivity index (χ0n) is 25.4. The van der Waals surface area contributed by atoms with Crippen molar-refractivity contribution in [3.63, 3.8) is 0 Å². The first-order chi connectivity index (χ1) is 21.0. The summed E-state index contributed by atoms with van der Waals surface area (Å²) in [7, 11) is -2.20. The molecule has 0 radical (unpaired) electrons. The molecule has 7 nitrogen and oxygen atoms in total. The van der Waals surface area contributed by atoms with Crippen molar-refractivity contribution in [3.05, 3.63) is 70.0 Å². The Morgan fingerprint density at radius 3 is 2.75 bits per heavy atom. The number of nitrogens with one attached hydrogen (secondary N) is 1. The minimum absolute atomic E-state index is 0.00553. The highest BCUT2D eigenvalue weighted by Gasteiger charge is 2.52. The molecule has 1 spiro atoms. The van der Waals surface area contributed by atoms with Crippen molar-refractivity contribution >= 4 is 33.2 Å². The van der Waals surface area contributed by atoms with Crippen LogP contribution in [0.3, 0.4) is 0 Å². The Labute approximate surface area is 264 Å². The maximum atomic E-state index is 15.3. The summed E-state index contributed by atoms with van der Waals surface area (Å²) < 4.78 is 57.4. The van der Waals surface area contributed by atoms with Crippen LogP contribution in [-0.2, 0) is 26.6 Å². The highest BCUT2D eigenvalue weighted by molar-refractivity contribution is 7.90. The Morgan fingerprint density at radius 2 is 2.00 bits per heavy atom. The number of sulfonamides is 1. The number of carbonyl (C=O) groups is 1. The minimum atomic E-state index is -3.96. The summed E-state index contributed by atoms with van der Waals surface area (Å²) in [4.78, 5) is 15.8. The second-order valence-corrected chi connectivity index (χ2v) is 16.2. The first-order valence-electron chi connectivity index (χ1n) is 15.8. The molecule has 1 saturated carbocycles. The van der Waals surface area contributed by atoms with Gasteiger partial charge in [-0.1, -0.05) is 36.7 Å². The summed E-state index contributed by atoms with van der Waals surface area (Å²) in [6, 6.07) is 8.74. The second kappa shape index (κ2) is 10.7. The highest BCUT2D eigenvalue weighted by atomic mass is 35.5. The topological polar surface area (TPSA) is 84.9 Å². The number of allylic oxidation sites excluding steroid dienone is 1. The third-order valence-corrected chi connectivity index (χ3v) is 13.8. The predicted molar refractivity (Wildman–Crippen MR) is 168 cm³/mol. The first-order valence-corrected chi connectivity index (χ1v) is 17.7. The number of anilines is 1. The molecule has 1 N–H and O–H groups in total. The molecule has 2 heterocycles.